The second kappa shape index (κ2) is 8.24. The molecule has 0 aliphatic rings. The summed E-state index contributed by atoms with van der Waals surface area (Å²) >= 11 is 0. The Morgan fingerprint density at radius 1 is 1.62 bits per heavy atom. The van der Waals surface area contributed by atoms with Crippen molar-refractivity contribution in [1.82, 2.24) is 10.2 Å². The van der Waals surface area contributed by atoms with E-state index >= 15 is 0 Å². The zero-order valence-corrected chi connectivity index (χ0v) is 10.7. The first-order valence-electron chi connectivity index (χ1n) is 5.68. The highest BCUT2D eigenvalue weighted by Gasteiger charge is 2.05. The molecule has 5 nitrogen and oxygen atoms in total. The summed E-state index contributed by atoms with van der Waals surface area (Å²) in [5.74, 6) is 0.987. The normalized spacial score (nSPS) is 15.7. The first-order valence-corrected chi connectivity index (χ1v) is 5.68. The Bertz CT molecular complexity index is 228. The van der Waals surface area contributed by atoms with Crippen molar-refractivity contribution in [1.29, 1.82) is 0 Å². The van der Waals surface area contributed by atoms with Crippen LogP contribution in [-0.4, -0.2) is 43.4 Å². The van der Waals surface area contributed by atoms with Crippen molar-refractivity contribution in [3.63, 3.8) is 0 Å². The molecule has 5 heteroatoms. The molecule has 0 spiro atoms. The van der Waals surface area contributed by atoms with Crippen molar-refractivity contribution in [3.8, 4) is 0 Å². The fourth-order valence-corrected chi connectivity index (χ4v) is 1.21. The van der Waals surface area contributed by atoms with E-state index < -0.39 is 0 Å². The Morgan fingerprint density at radius 2 is 2.25 bits per heavy atom. The number of aliphatic imine (C=N–C) groups is 1. The molecule has 0 fully saturated rings. The third-order valence-electron chi connectivity index (χ3n) is 2.42. The van der Waals surface area contributed by atoms with E-state index in [0.29, 0.717) is 13.2 Å². The number of carbonyl (C=O) groups is 1. The summed E-state index contributed by atoms with van der Waals surface area (Å²) in [6, 6.07) is 0. The minimum atomic E-state index is -0.180. The van der Waals surface area contributed by atoms with Gasteiger partial charge in [-0.25, -0.2) is 0 Å². The molecule has 2 unspecified atom stereocenters. The lowest BCUT2D eigenvalue weighted by Gasteiger charge is -2.21. The summed E-state index contributed by atoms with van der Waals surface area (Å²) in [5, 5.41) is 3.21. The Labute approximate surface area is 98.1 Å². The number of hydrogen-bond acceptors (Lipinski definition) is 4. The van der Waals surface area contributed by atoms with E-state index in [-0.39, 0.29) is 12.1 Å². The van der Waals surface area contributed by atoms with Crippen molar-refractivity contribution in [2.24, 2.45) is 16.6 Å². The molecule has 94 valence electrons. The van der Waals surface area contributed by atoms with Crippen molar-refractivity contribution < 1.29 is 4.79 Å². The van der Waals surface area contributed by atoms with Crippen molar-refractivity contribution in [3.05, 3.63) is 0 Å². The van der Waals surface area contributed by atoms with Gasteiger partial charge in [-0.3, -0.25) is 10.3 Å². The SMILES string of the molecule is CCC(C=O)CNCN(C)C(C)=NC(C)N. The number of nitrogens with one attached hydrogen (secondary N) is 1. The van der Waals surface area contributed by atoms with Crippen LogP contribution in [0.4, 0.5) is 0 Å². The fraction of sp³-hybridized carbons (Fsp3) is 0.818. The van der Waals surface area contributed by atoms with Gasteiger partial charge in [-0.1, -0.05) is 6.92 Å². The molecule has 0 saturated heterocycles. The van der Waals surface area contributed by atoms with Crippen LogP contribution in [0.25, 0.3) is 0 Å². The second-order valence-corrected chi connectivity index (χ2v) is 4.03. The highest BCUT2D eigenvalue weighted by atomic mass is 16.1. The molecule has 0 amide bonds. The molecule has 0 aromatic heterocycles. The van der Waals surface area contributed by atoms with Crippen LogP contribution in [0.1, 0.15) is 27.2 Å². The molecule has 0 heterocycles. The van der Waals surface area contributed by atoms with Gasteiger partial charge in [-0.05, 0) is 20.3 Å². The predicted octanol–water partition coefficient (Wildman–Crippen LogP) is 0.414. The Balaban J connectivity index is 3.89. The second-order valence-electron chi connectivity index (χ2n) is 4.03. The van der Waals surface area contributed by atoms with Crippen LogP contribution in [0.2, 0.25) is 0 Å². The maximum atomic E-state index is 10.6. The number of rotatable bonds is 7. The molecule has 0 aromatic rings. The highest BCUT2D eigenvalue weighted by Crippen LogP contribution is 1.95. The van der Waals surface area contributed by atoms with Crippen molar-refractivity contribution >= 4 is 12.1 Å². The third kappa shape index (κ3) is 6.53. The molecule has 0 aromatic carbocycles. The van der Waals surface area contributed by atoms with E-state index in [4.69, 9.17) is 5.73 Å². The van der Waals surface area contributed by atoms with Gasteiger partial charge in [0.25, 0.3) is 0 Å². The van der Waals surface area contributed by atoms with Crippen LogP contribution in [0.15, 0.2) is 4.99 Å². The number of carbonyl (C=O) groups excluding carboxylic acids is 1. The topological polar surface area (TPSA) is 70.7 Å². The quantitative estimate of drug-likeness (QED) is 0.287. The zero-order valence-electron chi connectivity index (χ0n) is 10.7. The van der Waals surface area contributed by atoms with E-state index in [1.54, 1.807) is 0 Å². The van der Waals surface area contributed by atoms with E-state index in [9.17, 15) is 4.79 Å². The zero-order chi connectivity index (χ0) is 12.6. The van der Waals surface area contributed by atoms with Crippen molar-refractivity contribution in [2.75, 3.05) is 20.3 Å². The summed E-state index contributed by atoms with van der Waals surface area (Å²) in [6.45, 7) is 7.14. The maximum absolute atomic E-state index is 10.6. The largest absolute Gasteiger partial charge is 0.351 e. The maximum Gasteiger partial charge on any atom is 0.124 e. The van der Waals surface area contributed by atoms with Crippen LogP contribution in [-0.2, 0) is 4.79 Å². The highest BCUT2D eigenvalue weighted by molar-refractivity contribution is 5.79. The lowest BCUT2D eigenvalue weighted by Crippen LogP contribution is -2.37. The van der Waals surface area contributed by atoms with Gasteiger partial charge in [0.05, 0.1) is 18.7 Å². The number of aldehydes is 1. The molecule has 3 N–H and O–H groups in total. The Hall–Kier alpha value is -0.940. The van der Waals surface area contributed by atoms with Crippen LogP contribution >= 0.6 is 0 Å². The van der Waals surface area contributed by atoms with E-state index in [1.807, 2.05) is 32.7 Å². The summed E-state index contributed by atoms with van der Waals surface area (Å²) < 4.78 is 0. The molecule has 16 heavy (non-hydrogen) atoms. The molecule has 0 aliphatic carbocycles. The van der Waals surface area contributed by atoms with Gasteiger partial charge in [0.2, 0.25) is 0 Å². The molecule has 0 aliphatic heterocycles. The minimum absolute atomic E-state index is 0.0964. The molecular weight excluding hydrogens is 204 g/mol. The molecule has 2 atom stereocenters. The smallest absolute Gasteiger partial charge is 0.124 e. The molecular formula is C11H24N4O. The predicted molar refractivity (Wildman–Crippen MR) is 67.2 cm³/mol. The van der Waals surface area contributed by atoms with Gasteiger partial charge in [0, 0.05) is 19.5 Å². The van der Waals surface area contributed by atoms with E-state index in [1.165, 1.54) is 0 Å². The Kier molecular flexibility index (Phi) is 7.76. The molecule has 0 radical (unpaired) electrons. The average molecular weight is 228 g/mol. The molecule has 0 rings (SSSR count). The van der Waals surface area contributed by atoms with E-state index in [0.717, 1.165) is 18.5 Å². The summed E-state index contributed by atoms with van der Waals surface area (Å²) in [6.07, 6.45) is 1.68. The number of nitrogens with zero attached hydrogens (tertiary/aromatic N) is 2. The number of amidine groups is 1. The third-order valence-corrected chi connectivity index (χ3v) is 2.42. The van der Waals surface area contributed by atoms with Gasteiger partial charge in [0.15, 0.2) is 0 Å². The van der Waals surface area contributed by atoms with Crippen LogP contribution in [0.5, 0.6) is 0 Å². The van der Waals surface area contributed by atoms with E-state index in [2.05, 4.69) is 10.3 Å². The fourth-order valence-electron chi connectivity index (χ4n) is 1.21. The lowest BCUT2D eigenvalue weighted by molar-refractivity contribution is -0.111. The van der Waals surface area contributed by atoms with Gasteiger partial charge in [-0.2, -0.15) is 0 Å². The lowest BCUT2D eigenvalue weighted by atomic mass is 10.1. The van der Waals surface area contributed by atoms with Gasteiger partial charge in [-0.15, -0.1) is 0 Å². The molecule has 0 bridgehead atoms. The number of hydrogen-bond donors (Lipinski definition) is 2. The standard InChI is InChI=1S/C11H24N4O/c1-5-11(7-16)6-13-8-15(4)10(3)14-9(2)12/h7,9,11,13H,5-6,8,12H2,1-4H3. The summed E-state index contributed by atoms with van der Waals surface area (Å²) in [4.78, 5) is 16.8. The summed E-state index contributed by atoms with van der Waals surface area (Å²) in [5.41, 5.74) is 5.57. The van der Waals surface area contributed by atoms with Crippen LogP contribution < -0.4 is 11.1 Å². The average Bonchev–Trinajstić information content (AvgIpc) is 2.23. The Morgan fingerprint density at radius 3 is 2.69 bits per heavy atom. The minimum Gasteiger partial charge on any atom is -0.351 e. The first-order chi connectivity index (χ1) is 7.51. The van der Waals surface area contributed by atoms with Gasteiger partial charge < -0.3 is 15.4 Å². The van der Waals surface area contributed by atoms with Crippen LogP contribution in [0.3, 0.4) is 0 Å². The number of nitrogens with two attached hydrogens (primary N) is 1. The summed E-state index contributed by atoms with van der Waals surface area (Å²) in [7, 11) is 1.94. The van der Waals surface area contributed by atoms with Crippen LogP contribution in [0, 0.1) is 5.92 Å². The monoisotopic (exact) mass is 228 g/mol. The van der Waals surface area contributed by atoms with Gasteiger partial charge >= 0.3 is 0 Å². The first kappa shape index (κ1) is 15.1. The van der Waals surface area contributed by atoms with Crippen molar-refractivity contribution in [2.45, 2.75) is 33.4 Å². The van der Waals surface area contributed by atoms with Gasteiger partial charge in [0.1, 0.15) is 6.29 Å². The molecule has 0 saturated carbocycles.